The van der Waals surface area contributed by atoms with E-state index >= 15 is 0 Å². The van der Waals surface area contributed by atoms with Gasteiger partial charge in [-0.15, -0.1) is 22.7 Å². The van der Waals surface area contributed by atoms with Crippen molar-refractivity contribution in [3.63, 3.8) is 0 Å². The van der Waals surface area contributed by atoms with Crippen LogP contribution in [0.4, 0.5) is 0 Å². The minimum Gasteiger partial charge on any atom is -0.507 e. The van der Waals surface area contributed by atoms with Crippen molar-refractivity contribution in [3.8, 4) is 11.5 Å². The molecule has 2 amide bonds. The van der Waals surface area contributed by atoms with Gasteiger partial charge in [-0.1, -0.05) is 36.4 Å². The fourth-order valence-corrected chi connectivity index (χ4v) is 6.39. The SMILES string of the molecule is CC(=O)N1N=C(c2ccccc2O)CC1c1cccs1.CC(=O)N1N=C(c2ccccc2O)CC1c1cccs1.[Cu]. The standard InChI is InChI=1S/2C15H14N2O2S.Cu/c2*1-10(18)17-13(15-7-4-8-20-15)9-12(16-17)11-5-2-3-6-14(11)19;/h2*2-8,13,19H,9H2,1H3;. The Morgan fingerprint density at radius 1 is 0.683 bits per heavy atom. The summed E-state index contributed by atoms with van der Waals surface area (Å²) in [6.45, 7) is 3.02. The maximum Gasteiger partial charge on any atom is 0.240 e. The Balaban J connectivity index is 0.000000184. The van der Waals surface area contributed by atoms with Crippen molar-refractivity contribution in [1.29, 1.82) is 0 Å². The summed E-state index contributed by atoms with van der Waals surface area (Å²) in [6.07, 6.45) is 1.25. The predicted molar refractivity (Wildman–Crippen MR) is 158 cm³/mol. The predicted octanol–water partition coefficient (Wildman–Crippen LogP) is 6.30. The van der Waals surface area contributed by atoms with Gasteiger partial charge in [0.15, 0.2) is 0 Å². The molecule has 2 aromatic heterocycles. The molecule has 2 aromatic carbocycles. The van der Waals surface area contributed by atoms with E-state index in [1.165, 1.54) is 23.9 Å². The third-order valence-electron chi connectivity index (χ3n) is 6.64. The molecular weight excluding hydrogens is 608 g/mol. The van der Waals surface area contributed by atoms with E-state index < -0.39 is 0 Å². The van der Waals surface area contributed by atoms with Crippen LogP contribution in [0.25, 0.3) is 0 Å². The van der Waals surface area contributed by atoms with Crippen LogP contribution in [-0.4, -0.2) is 43.5 Å². The Morgan fingerprint density at radius 2 is 1.07 bits per heavy atom. The number of carbonyl (C=O) groups excluding carboxylic acids is 2. The van der Waals surface area contributed by atoms with Gasteiger partial charge in [0, 0.05) is 64.6 Å². The monoisotopic (exact) mass is 635 g/mol. The van der Waals surface area contributed by atoms with Crippen LogP contribution < -0.4 is 0 Å². The van der Waals surface area contributed by atoms with Gasteiger partial charge in [0.05, 0.1) is 23.5 Å². The number of phenolic OH excluding ortho intramolecular Hbond substituents is 2. The molecule has 41 heavy (non-hydrogen) atoms. The van der Waals surface area contributed by atoms with Crippen molar-refractivity contribution in [3.05, 3.63) is 104 Å². The van der Waals surface area contributed by atoms with Gasteiger partial charge in [0.2, 0.25) is 11.8 Å². The molecule has 0 bridgehead atoms. The van der Waals surface area contributed by atoms with Crippen LogP contribution in [0, 0.1) is 0 Å². The second-order valence-corrected chi connectivity index (χ2v) is 11.3. The number of amides is 2. The average molecular weight is 636 g/mol. The molecule has 2 aliphatic heterocycles. The summed E-state index contributed by atoms with van der Waals surface area (Å²) < 4.78 is 0. The molecule has 2 atom stereocenters. The van der Waals surface area contributed by atoms with Gasteiger partial charge >= 0.3 is 0 Å². The van der Waals surface area contributed by atoms with Gasteiger partial charge in [0.25, 0.3) is 0 Å². The van der Waals surface area contributed by atoms with Crippen LogP contribution >= 0.6 is 22.7 Å². The number of hydrazone groups is 2. The maximum atomic E-state index is 11.8. The van der Waals surface area contributed by atoms with Crippen LogP contribution in [0.15, 0.2) is 93.8 Å². The zero-order valence-electron chi connectivity index (χ0n) is 22.3. The summed E-state index contributed by atoms with van der Waals surface area (Å²) in [5, 5.41) is 35.7. The van der Waals surface area contributed by atoms with Gasteiger partial charge in [0.1, 0.15) is 11.5 Å². The number of carbonyl (C=O) groups is 2. The smallest absolute Gasteiger partial charge is 0.240 e. The van der Waals surface area contributed by atoms with E-state index in [0.29, 0.717) is 24.0 Å². The summed E-state index contributed by atoms with van der Waals surface area (Å²) in [5.41, 5.74) is 2.88. The van der Waals surface area contributed by atoms with Crippen molar-refractivity contribution in [2.75, 3.05) is 0 Å². The summed E-state index contributed by atoms with van der Waals surface area (Å²) in [7, 11) is 0. The molecule has 6 rings (SSSR count). The molecule has 1 radical (unpaired) electrons. The number of aromatic hydroxyl groups is 2. The van der Waals surface area contributed by atoms with Crippen molar-refractivity contribution >= 4 is 45.9 Å². The molecule has 4 aromatic rings. The van der Waals surface area contributed by atoms with E-state index in [1.807, 2.05) is 59.3 Å². The van der Waals surface area contributed by atoms with E-state index in [-0.39, 0.29) is 52.5 Å². The number of phenols is 2. The van der Waals surface area contributed by atoms with Crippen LogP contribution in [0.2, 0.25) is 0 Å². The summed E-state index contributed by atoms with van der Waals surface area (Å²) in [6, 6.07) is 22.0. The van der Waals surface area contributed by atoms with E-state index in [1.54, 1.807) is 46.9 Å². The quantitative estimate of drug-likeness (QED) is 0.257. The van der Waals surface area contributed by atoms with Crippen molar-refractivity contribution in [2.24, 2.45) is 10.2 Å². The molecule has 215 valence electrons. The van der Waals surface area contributed by atoms with Gasteiger partial charge in [-0.25, -0.2) is 10.0 Å². The fraction of sp³-hybridized carbons (Fsp3) is 0.200. The van der Waals surface area contributed by atoms with Crippen molar-refractivity contribution < 1.29 is 36.9 Å². The number of thiophene rings is 2. The largest absolute Gasteiger partial charge is 0.507 e. The Kier molecular flexibility index (Phi) is 9.77. The number of hydrogen-bond acceptors (Lipinski definition) is 8. The molecule has 0 saturated carbocycles. The minimum absolute atomic E-state index is 0. The minimum atomic E-state index is -0.0891. The first-order chi connectivity index (χ1) is 19.3. The molecule has 11 heteroatoms. The number of nitrogens with zero attached hydrogens (tertiary/aromatic N) is 4. The summed E-state index contributed by atoms with van der Waals surface area (Å²) in [4.78, 5) is 25.8. The zero-order valence-corrected chi connectivity index (χ0v) is 24.8. The second-order valence-electron chi connectivity index (χ2n) is 9.33. The van der Waals surface area contributed by atoms with Gasteiger partial charge < -0.3 is 10.2 Å². The molecule has 8 nitrogen and oxygen atoms in total. The molecular formula is C30H28CuN4O4S2. The van der Waals surface area contributed by atoms with E-state index in [0.717, 1.165) is 21.2 Å². The Labute approximate surface area is 256 Å². The average Bonchev–Trinajstić information content (AvgIpc) is 3.74. The third kappa shape index (κ3) is 6.60. The van der Waals surface area contributed by atoms with E-state index in [4.69, 9.17) is 0 Å². The van der Waals surface area contributed by atoms with Crippen LogP contribution in [0.3, 0.4) is 0 Å². The number of hydrogen-bond donors (Lipinski definition) is 2. The molecule has 2 aliphatic rings. The third-order valence-corrected chi connectivity index (χ3v) is 8.59. The Morgan fingerprint density at radius 3 is 1.39 bits per heavy atom. The number of benzene rings is 2. The topological polar surface area (TPSA) is 106 Å². The number of rotatable bonds is 4. The van der Waals surface area contributed by atoms with Crippen LogP contribution in [0.1, 0.15) is 59.7 Å². The summed E-state index contributed by atoms with van der Waals surface area (Å²) >= 11 is 3.23. The summed E-state index contributed by atoms with van der Waals surface area (Å²) in [5.74, 6) is 0.214. The zero-order chi connectivity index (χ0) is 28.2. The first kappa shape index (κ1) is 30.2. The molecule has 0 fully saturated rings. The number of para-hydroxylation sites is 2. The second kappa shape index (κ2) is 13.3. The van der Waals surface area contributed by atoms with Crippen LogP contribution in [-0.2, 0) is 26.7 Å². The molecule has 0 spiro atoms. The first-order valence-electron chi connectivity index (χ1n) is 12.7. The Hall–Kier alpha value is -3.76. The first-order valence-corrected chi connectivity index (χ1v) is 14.5. The van der Waals surface area contributed by atoms with Crippen LogP contribution in [0.5, 0.6) is 11.5 Å². The van der Waals surface area contributed by atoms with Gasteiger partial charge in [-0.3, -0.25) is 9.59 Å². The fourth-order valence-electron chi connectivity index (χ4n) is 4.77. The molecule has 2 N–H and O–H groups in total. The van der Waals surface area contributed by atoms with Crippen molar-refractivity contribution in [2.45, 2.75) is 38.8 Å². The molecule has 2 unspecified atom stereocenters. The van der Waals surface area contributed by atoms with E-state index in [2.05, 4.69) is 10.2 Å². The Bertz CT molecular complexity index is 1450. The van der Waals surface area contributed by atoms with Gasteiger partial charge in [-0.2, -0.15) is 10.2 Å². The normalized spacial score (nSPS) is 17.7. The molecule has 0 aliphatic carbocycles. The van der Waals surface area contributed by atoms with Crippen molar-refractivity contribution in [1.82, 2.24) is 10.0 Å². The molecule has 0 saturated heterocycles. The molecule has 4 heterocycles. The maximum absolute atomic E-state index is 11.8. The van der Waals surface area contributed by atoms with Gasteiger partial charge in [-0.05, 0) is 47.2 Å². The van der Waals surface area contributed by atoms with E-state index in [9.17, 15) is 19.8 Å².